The number of likely N-dealkylation sites (tertiary alicyclic amines) is 1. The molecule has 1 saturated heterocycles. The average Bonchev–Trinajstić information content (AvgIpc) is 2.62. The summed E-state index contributed by atoms with van der Waals surface area (Å²) >= 11 is 0. The van der Waals surface area contributed by atoms with E-state index in [4.69, 9.17) is 0 Å². The summed E-state index contributed by atoms with van der Waals surface area (Å²) in [7, 11) is 0. The fourth-order valence-electron chi connectivity index (χ4n) is 3.27. The summed E-state index contributed by atoms with van der Waals surface area (Å²) in [5.41, 5.74) is 2.36. The van der Waals surface area contributed by atoms with E-state index in [0.29, 0.717) is 19.0 Å². The van der Waals surface area contributed by atoms with E-state index in [1.807, 2.05) is 18.2 Å². The van der Waals surface area contributed by atoms with Crippen molar-refractivity contribution in [2.75, 3.05) is 19.6 Å². The minimum Gasteiger partial charge on any atom is -0.508 e. The van der Waals surface area contributed by atoms with E-state index in [0.717, 1.165) is 25.1 Å². The molecule has 1 amide bonds. The van der Waals surface area contributed by atoms with Crippen molar-refractivity contribution in [2.24, 2.45) is 0 Å². The topological polar surface area (TPSA) is 52.6 Å². The zero-order valence-corrected chi connectivity index (χ0v) is 13.8. The van der Waals surface area contributed by atoms with E-state index in [1.54, 1.807) is 12.1 Å². The van der Waals surface area contributed by atoms with Gasteiger partial charge in [0.05, 0.1) is 6.54 Å². The highest BCUT2D eigenvalue weighted by molar-refractivity contribution is 5.78. The summed E-state index contributed by atoms with van der Waals surface area (Å²) in [5, 5.41) is 12.2. The minimum absolute atomic E-state index is 0.0526. The molecule has 3 rings (SSSR count). The van der Waals surface area contributed by atoms with Gasteiger partial charge in [-0.15, -0.1) is 0 Å². The first-order valence-electron chi connectivity index (χ1n) is 8.52. The van der Waals surface area contributed by atoms with Crippen molar-refractivity contribution < 1.29 is 9.90 Å². The van der Waals surface area contributed by atoms with Crippen LogP contribution in [0.3, 0.4) is 0 Å². The number of amides is 1. The third-order valence-corrected chi connectivity index (χ3v) is 4.57. The molecule has 0 radical (unpaired) electrons. The number of benzene rings is 2. The highest BCUT2D eigenvalue weighted by Gasteiger charge is 2.22. The molecule has 1 heterocycles. The van der Waals surface area contributed by atoms with E-state index in [-0.39, 0.29) is 11.7 Å². The molecule has 2 aromatic rings. The van der Waals surface area contributed by atoms with Crippen LogP contribution in [0.4, 0.5) is 0 Å². The molecule has 1 aliphatic heterocycles. The number of carbonyl (C=O) groups is 1. The molecular weight excluding hydrogens is 300 g/mol. The van der Waals surface area contributed by atoms with Crippen LogP contribution >= 0.6 is 0 Å². The van der Waals surface area contributed by atoms with Gasteiger partial charge in [-0.25, -0.2) is 0 Å². The maximum absolute atomic E-state index is 12.2. The SMILES string of the molecule is O=C(CN1CCC[C@@H](c2ccccc2)C1)NCc1ccc(O)cc1. The molecule has 0 aromatic heterocycles. The van der Waals surface area contributed by atoms with Gasteiger partial charge in [0.15, 0.2) is 0 Å². The average molecular weight is 324 g/mol. The van der Waals surface area contributed by atoms with E-state index in [2.05, 4.69) is 34.5 Å². The standard InChI is InChI=1S/C20H24N2O2/c23-19-10-8-16(9-11-19)13-21-20(24)15-22-12-4-7-18(14-22)17-5-2-1-3-6-17/h1-3,5-6,8-11,18,23H,4,7,12-15H2,(H,21,24)/t18-/m1/s1. The molecule has 4 nitrogen and oxygen atoms in total. The zero-order chi connectivity index (χ0) is 16.8. The first-order chi connectivity index (χ1) is 11.7. The van der Waals surface area contributed by atoms with Crippen LogP contribution in [0.1, 0.15) is 29.9 Å². The Balaban J connectivity index is 1.48. The largest absolute Gasteiger partial charge is 0.508 e. The molecule has 1 atom stereocenters. The first kappa shape index (κ1) is 16.5. The normalized spacial score (nSPS) is 18.2. The van der Waals surface area contributed by atoms with E-state index < -0.39 is 0 Å². The van der Waals surface area contributed by atoms with Gasteiger partial charge >= 0.3 is 0 Å². The van der Waals surface area contributed by atoms with Crippen molar-refractivity contribution in [3.63, 3.8) is 0 Å². The second kappa shape index (κ2) is 7.97. The number of rotatable bonds is 5. The molecule has 24 heavy (non-hydrogen) atoms. The third kappa shape index (κ3) is 4.59. The Morgan fingerprint density at radius 1 is 1.12 bits per heavy atom. The predicted octanol–water partition coefficient (Wildman–Crippen LogP) is 2.89. The van der Waals surface area contributed by atoms with Gasteiger partial charge in [-0.2, -0.15) is 0 Å². The third-order valence-electron chi connectivity index (χ3n) is 4.57. The van der Waals surface area contributed by atoms with Gasteiger partial charge in [-0.3, -0.25) is 9.69 Å². The molecule has 1 aliphatic rings. The monoisotopic (exact) mass is 324 g/mol. The number of nitrogens with one attached hydrogen (secondary N) is 1. The Hall–Kier alpha value is -2.33. The molecular formula is C20H24N2O2. The molecule has 0 spiro atoms. The smallest absolute Gasteiger partial charge is 0.234 e. The summed E-state index contributed by atoms with van der Waals surface area (Å²) in [5.74, 6) is 0.812. The lowest BCUT2D eigenvalue weighted by molar-refractivity contribution is -0.122. The van der Waals surface area contributed by atoms with Crippen LogP contribution in [0.15, 0.2) is 54.6 Å². The lowest BCUT2D eigenvalue weighted by Crippen LogP contribution is -2.41. The highest BCUT2D eigenvalue weighted by atomic mass is 16.3. The quantitative estimate of drug-likeness (QED) is 0.889. The maximum Gasteiger partial charge on any atom is 0.234 e. The van der Waals surface area contributed by atoms with Gasteiger partial charge < -0.3 is 10.4 Å². The number of phenolic OH excluding ortho intramolecular Hbond substituents is 1. The molecule has 4 heteroatoms. The van der Waals surface area contributed by atoms with Crippen molar-refractivity contribution in [1.29, 1.82) is 0 Å². The van der Waals surface area contributed by atoms with Crippen LogP contribution in [0.25, 0.3) is 0 Å². The lowest BCUT2D eigenvalue weighted by Gasteiger charge is -2.32. The number of aromatic hydroxyl groups is 1. The summed E-state index contributed by atoms with van der Waals surface area (Å²) in [6.07, 6.45) is 2.32. The van der Waals surface area contributed by atoms with Gasteiger partial charge in [0.2, 0.25) is 5.91 Å². The number of nitrogens with zero attached hydrogens (tertiary/aromatic N) is 1. The number of piperidine rings is 1. The van der Waals surface area contributed by atoms with E-state index >= 15 is 0 Å². The molecule has 0 bridgehead atoms. The Labute approximate surface area is 143 Å². The summed E-state index contributed by atoms with van der Waals surface area (Å²) < 4.78 is 0. The van der Waals surface area contributed by atoms with Gasteiger partial charge in [-0.05, 0) is 48.6 Å². The van der Waals surface area contributed by atoms with Crippen LogP contribution in [0.2, 0.25) is 0 Å². The van der Waals surface area contributed by atoms with Crippen molar-refractivity contribution in [3.8, 4) is 5.75 Å². The molecule has 126 valence electrons. The summed E-state index contributed by atoms with van der Waals surface area (Å²) in [6.45, 7) is 2.86. The molecule has 1 fully saturated rings. The van der Waals surface area contributed by atoms with Crippen molar-refractivity contribution in [2.45, 2.75) is 25.3 Å². The van der Waals surface area contributed by atoms with Crippen molar-refractivity contribution in [3.05, 3.63) is 65.7 Å². The van der Waals surface area contributed by atoms with Gasteiger partial charge in [-0.1, -0.05) is 42.5 Å². The first-order valence-corrected chi connectivity index (χ1v) is 8.52. The van der Waals surface area contributed by atoms with Crippen LogP contribution < -0.4 is 5.32 Å². The fourth-order valence-corrected chi connectivity index (χ4v) is 3.27. The van der Waals surface area contributed by atoms with Crippen LogP contribution in [-0.2, 0) is 11.3 Å². The van der Waals surface area contributed by atoms with Crippen molar-refractivity contribution >= 4 is 5.91 Å². The maximum atomic E-state index is 12.2. The zero-order valence-electron chi connectivity index (χ0n) is 13.8. The predicted molar refractivity (Wildman–Crippen MR) is 94.8 cm³/mol. The Kier molecular flexibility index (Phi) is 5.49. The second-order valence-electron chi connectivity index (χ2n) is 6.43. The summed E-state index contributed by atoms with van der Waals surface area (Å²) in [6, 6.07) is 17.5. The number of hydrogen-bond acceptors (Lipinski definition) is 3. The summed E-state index contributed by atoms with van der Waals surface area (Å²) in [4.78, 5) is 14.4. The van der Waals surface area contributed by atoms with Gasteiger partial charge in [0.1, 0.15) is 5.75 Å². The lowest BCUT2D eigenvalue weighted by atomic mass is 9.91. The Morgan fingerprint density at radius 3 is 2.62 bits per heavy atom. The number of phenols is 1. The number of carbonyl (C=O) groups excluding carboxylic acids is 1. The molecule has 2 N–H and O–H groups in total. The van der Waals surface area contributed by atoms with Gasteiger partial charge in [0, 0.05) is 13.1 Å². The minimum atomic E-state index is 0.0526. The molecule has 0 aliphatic carbocycles. The van der Waals surface area contributed by atoms with Crippen molar-refractivity contribution in [1.82, 2.24) is 10.2 Å². The van der Waals surface area contributed by atoms with E-state index in [9.17, 15) is 9.90 Å². The van der Waals surface area contributed by atoms with E-state index in [1.165, 1.54) is 12.0 Å². The molecule has 0 saturated carbocycles. The fraction of sp³-hybridized carbons (Fsp3) is 0.350. The van der Waals surface area contributed by atoms with Crippen LogP contribution in [0.5, 0.6) is 5.75 Å². The molecule has 2 aromatic carbocycles. The Bertz CT molecular complexity index is 655. The molecule has 0 unspecified atom stereocenters. The van der Waals surface area contributed by atoms with Crippen LogP contribution in [-0.4, -0.2) is 35.5 Å². The van der Waals surface area contributed by atoms with Crippen LogP contribution in [0, 0.1) is 0 Å². The van der Waals surface area contributed by atoms with Gasteiger partial charge in [0.25, 0.3) is 0 Å². The number of hydrogen-bond donors (Lipinski definition) is 2. The Morgan fingerprint density at radius 2 is 1.88 bits per heavy atom. The second-order valence-corrected chi connectivity index (χ2v) is 6.43. The highest BCUT2D eigenvalue weighted by Crippen LogP contribution is 2.26.